The minimum atomic E-state index is 0.841. The van der Waals surface area contributed by atoms with Gasteiger partial charge in [0.1, 0.15) is 0 Å². The molecule has 0 aromatic heterocycles. The van der Waals surface area contributed by atoms with Gasteiger partial charge < -0.3 is 11.1 Å². The maximum Gasteiger partial charge on any atom is 0.0374 e. The number of hydrogen-bond donors (Lipinski definition) is 2. The van der Waals surface area contributed by atoms with Crippen LogP contribution in [-0.2, 0) is 6.42 Å². The zero-order valence-electron chi connectivity index (χ0n) is 7.72. The molecule has 3 N–H and O–H groups in total. The van der Waals surface area contributed by atoms with Gasteiger partial charge in [-0.1, -0.05) is 6.92 Å². The highest BCUT2D eigenvalue weighted by atomic mass is 14.9. The van der Waals surface area contributed by atoms with E-state index in [0.29, 0.717) is 0 Å². The zero-order valence-corrected chi connectivity index (χ0v) is 7.72. The van der Waals surface area contributed by atoms with E-state index < -0.39 is 0 Å². The molecule has 0 fully saturated rings. The number of rotatable bonds is 3. The van der Waals surface area contributed by atoms with Crippen molar-refractivity contribution in [3.63, 3.8) is 0 Å². The van der Waals surface area contributed by atoms with E-state index in [-0.39, 0.29) is 0 Å². The number of nitrogens with two attached hydrogens (primary N) is 1. The lowest BCUT2D eigenvalue weighted by molar-refractivity contribution is 1.11. The normalized spacial score (nSPS) is 9.83. The van der Waals surface area contributed by atoms with Gasteiger partial charge in [-0.15, -0.1) is 0 Å². The molecular weight excluding hydrogens is 148 g/mol. The SMILES string of the molecule is CCNc1ccc(N)cc1CC. The molecule has 0 spiro atoms. The number of anilines is 2. The zero-order chi connectivity index (χ0) is 8.97. The Labute approximate surface area is 73.8 Å². The molecule has 1 rings (SSSR count). The van der Waals surface area contributed by atoms with E-state index in [1.165, 1.54) is 11.3 Å². The third-order valence-electron chi connectivity index (χ3n) is 1.88. The van der Waals surface area contributed by atoms with Gasteiger partial charge in [0.2, 0.25) is 0 Å². The highest BCUT2D eigenvalue weighted by Crippen LogP contribution is 2.18. The summed E-state index contributed by atoms with van der Waals surface area (Å²) >= 11 is 0. The molecule has 12 heavy (non-hydrogen) atoms. The molecule has 0 saturated heterocycles. The third-order valence-corrected chi connectivity index (χ3v) is 1.88. The molecule has 1 aromatic carbocycles. The van der Waals surface area contributed by atoms with Crippen molar-refractivity contribution in [3.8, 4) is 0 Å². The van der Waals surface area contributed by atoms with Crippen LogP contribution < -0.4 is 11.1 Å². The van der Waals surface area contributed by atoms with Crippen LogP contribution in [-0.4, -0.2) is 6.54 Å². The molecule has 0 heterocycles. The van der Waals surface area contributed by atoms with Crippen LogP contribution in [0.25, 0.3) is 0 Å². The predicted molar refractivity (Wildman–Crippen MR) is 54.4 cm³/mol. The Morgan fingerprint density at radius 3 is 2.67 bits per heavy atom. The molecule has 0 aliphatic heterocycles. The molecule has 0 aliphatic rings. The van der Waals surface area contributed by atoms with E-state index in [0.717, 1.165) is 18.7 Å². The van der Waals surface area contributed by atoms with Crippen LogP contribution in [0.15, 0.2) is 18.2 Å². The Balaban J connectivity index is 2.94. The fourth-order valence-corrected chi connectivity index (χ4v) is 1.27. The second-order valence-corrected chi connectivity index (χ2v) is 2.80. The average molecular weight is 164 g/mol. The summed E-state index contributed by atoms with van der Waals surface area (Å²) in [6.45, 7) is 5.18. The van der Waals surface area contributed by atoms with E-state index in [4.69, 9.17) is 5.73 Å². The van der Waals surface area contributed by atoms with E-state index in [1.807, 2.05) is 18.2 Å². The van der Waals surface area contributed by atoms with E-state index >= 15 is 0 Å². The summed E-state index contributed by atoms with van der Waals surface area (Å²) in [5, 5.41) is 3.30. The highest BCUT2D eigenvalue weighted by molar-refractivity contribution is 5.57. The smallest absolute Gasteiger partial charge is 0.0374 e. The molecule has 0 saturated carbocycles. The maximum absolute atomic E-state index is 5.67. The number of nitrogens with one attached hydrogen (secondary N) is 1. The lowest BCUT2D eigenvalue weighted by atomic mass is 10.1. The van der Waals surface area contributed by atoms with E-state index in [9.17, 15) is 0 Å². The summed E-state index contributed by atoms with van der Waals surface area (Å²) in [6, 6.07) is 5.99. The van der Waals surface area contributed by atoms with Gasteiger partial charge in [0.05, 0.1) is 0 Å². The number of nitrogen functional groups attached to an aromatic ring is 1. The summed E-state index contributed by atoms with van der Waals surface area (Å²) < 4.78 is 0. The summed E-state index contributed by atoms with van der Waals surface area (Å²) in [7, 11) is 0. The van der Waals surface area contributed by atoms with Gasteiger partial charge in [-0.05, 0) is 37.1 Å². The quantitative estimate of drug-likeness (QED) is 0.672. The highest BCUT2D eigenvalue weighted by Gasteiger charge is 1.98. The minimum Gasteiger partial charge on any atom is -0.399 e. The van der Waals surface area contributed by atoms with Crippen molar-refractivity contribution in [2.45, 2.75) is 20.3 Å². The summed E-state index contributed by atoms with van der Waals surface area (Å²) in [5.74, 6) is 0. The van der Waals surface area contributed by atoms with Crippen molar-refractivity contribution >= 4 is 11.4 Å². The second-order valence-electron chi connectivity index (χ2n) is 2.80. The average Bonchev–Trinajstić information content (AvgIpc) is 2.08. The van der Waals surface area contributed by atoms with Crippen molar-refractivity contribution in [3.05, 3.63) is 23.8 Å². The molecule has 1 aromatic rings. The van der Waals surface area contributed by atoms with Crippen molar-refractivity contribution in [2.24, 2.45) is 0 Å². The molecule has 0 atom stereocenters. The Morgan fingerprint density at radius 1 is 1.33 bits per heavy atom. The van der Waals surface area contributed by atoms with Gasteiger partial charge in [0.15, 0.2) is 0 Å². The second kappa shape index (κ2) is 4.00. The molecule has 66 valence electrons. The van der Waals surface area contributed by atoms with Crippen LogP contribution in [0, 0.1) is 0 Å². The molecule has 0 aliphatic carbocycles. The van der Waals surface area contributed by atoms with Gasteiger partial charge in [-0.25, -0.2) is 0 Å². The van der Waals surface area contributed by atoms with Crippen LogP contribution in [0.3, 0.4) is 0 Å². The maximum atomic E-state index is 5.67. The summed E-state index contributed by atoms with van der Waals surface area (Å²) in [6.07, 6.45) is 1.02. The summed E-state index contributed by atoms with van der Waals surface area (Å²) in [4.78, 5) is 0. The van der Waals surface area contributed by atoms with Crippen LogP contribution >= 0.6 is 0 Å². The van der Waals surface area contributed by atoms with E-state index in [2.05, 4.69) is 19.2 Å². The predicted octanol–water partition coefficient (Wildman–Crippen LogP) is 2.26. The van der Waals surface area contributed by atoms with E-state index in [1.54, 1.807) is 0 Å². The van der Waals surface area contributed by atoms with Gasteiger partial charge in [-0.2, -0.15) is 0 Å². The Morgan fingerprint density at radius 2 is 2.08 bits per heavy atom. The molecular formula is C10H16N2. The Hall–Kier alpha value is -1.18. The Kier molecular flexibility index (Phi) is 2.97. The fraction of sp³-hybridized carbons (Fsp3) is 0.400. The molecule has 0 amide bonds. The van der Waals surface area contributed by atoms with Gasteiger partial charge in [-0.3, -0.25) is 0 Å². The van der Waals surface area contributed by atoms with Crippen molar-refractivity contribution in [1.82, 2.24) is 0 Å². The van der Waals surface area contributed by atoms with Crippen LogP contribution in [0.5, 0.6) is 0 Å². The first-order chi connectivity index (χ1) is 5.77. The largest absolute Gasteiger partial charge is 0.399 e. The Bertz CT molecular complexity index is 256. The van der Waals surface area contributed by atoms with Crippen molar-refractivity contribution in [2.75, 3.05) is 17.6 Å². The molecule has 2 heteroatoms. The third kappa shape index (κ3) is 1.91. The monoisotopic (exact) mass is 164 g/mol. The van der Waals surface area contributed by atoms with Gasteiger partial charge >= 0.3 is 0 Å². The lowest BCUT2D eigenvalue weighted by Gasteiger charge is -2.09. The topological polar surface area (TPSA) is 38.0 Å². The number of benzene rings is 1. The van der Waals surface area contributed by atoms with Crippen LogP contribution in [0.4, 0.5) is 11.4 Å². The number of aryl methyl sites for hydroxylation is 1. The fourth-order valence-electron chi connectivity index (χ4n) is 1.27. The van der Waals surface area contributed by atoms with Crippen molar-refractivity contribution < 1.29 is 0 Å². The van der Waals surface area contributed by atoms with Gasteiger partial charge in [0.25, 0.3) is 0 Å². The van der Waals surface area contributed by atoms with Crippen LogP contribution in [0.2, 0.25) is 0 Å². The minimum absolute atomic E-state index is 0.841. The first kappa shape index (κ1) is 8.91. The number of hydrogen-bond acceptors (Lipinski definition) is 2. The van der Waals surface area contributed by atoms with Crippen molar-refractivity contribution in [1.29, 1.82) is 0 Å². The molecule has 2 nitrogen and oxygen atoms in total. The standard InChI is InChI=1S/C10H16N2/c1-3-8-7-9(11)5-6-10(8)12-4-2/h5-7,12H,3-4,11H2,1-2H3. The van der Waals surface area contributed by atoms with Crippen LogP contribution in [0.1, 0.15) is 19.4 Å². The lowest BCUT2D eigenvalue weighted by Crippen LogP contribution is -2.00. The van der Waals surface area contributed by atoms with Gasteiger partial charge in [0, 0.05) is 17.9 Å². The first-order valence-corrected chi connectivity index (χ1v) is 4.40. The molecule has 0 unspecified atom stereocenters. The summed E-state index contributed by atoms with van der Waals surface area (Å²) in [5.41, 5.74) is 9.00. The molecule has 0 radical (unpaired) electrons. The first-order valence-electron chi connectivity index (χ1n) is 4.40. The molecule has 0 bridgehead atoms.